The van der Waals surface area contributed by atoms with Gasteiger partial charge in [-0.15, -0.1) is 0 Å². The van der Waals surface area contributed by atoms with Crippen LogP contribution < -0.4 is 0 Å². The predicted octanol–water partition coefficient (Wildman–Crippen LogP) is 2.03. The molecule has 0 rings (SSSR count). The normalized spacial score (nSPS) is 13.0. The van der Waals surface area contributed by atoms with Crippen LogP contribution in [0.4, 0.5) is 0 Å². The Morgan fingerprint density at radius 2 is 2.09 bits per heavy atom. The van der Waals surface area contributed by atoms with Crippen molar-refractivity contribution in [3.63, 3.8) is 0 Å². The van der Waals surface area contributed by atoms with Gasteiger partial charge in [-0.3, -0.25) is 4.79 Å². The molecule has 0 aliphatic rings. The molecule has 0 aromatic carbocycles. The molecule has 2 nitrogen and oxygen atoms in total. The first kappa shape index (κ1) is 10.6. The number of ether oxygens (including phenoxy) is 1. The summed E-state index contributed by atoms with van der Waals surface area (Å²) in [5.74, 6) is 0.524. The van der Waals surface area contributed by atoms with Crippen LogP contribution in [0.25, 0.3) is 0 Å². The fourth-order valence-corrected chi connectivity index (χ4v) is 0.791. The van der Waals surface area contributed by atoms with Crippen molar-refractivity contribution < 1.29 is 9.53 Å². The van der Waals surface area contributed by atoms with E-state index >= 15 is 0 Å². The summed E-state index contributed by atoms with van der Waals surface area (Å²) in [4.78, 5) is 11.2. The third-order valence-corrected chi connectivity index (χ3v) is 1.86. The van der Waals surface area contributed by atoms with E-state index in [-0.39, 0.29) is 5.92 Å². The summed E-state index contributed by atoms with van der Waals surface area (Å²) in [7, 11) is 0. The molecule has 0 amide bonds. The first-order valence-electron chi connectivity index (χ1n) is 4.32. The molecule has 0 bridgehead atoms. The van der Waals surface area contributed by atoms with E-state index in [4.69, 9.17) is 4.74 Å². The van der Waals surface area contributed by atoms with Crippen molar-refractivity contribution in [2.75, 3.05) is 13.2 Å². The highest BCUT2D eigenvalue weighted by Crippen LogP contribution is 2.04. The molecule has 0 saturated heterocycles. The first-order chi connectivity index (χ1) is 5.22. The van der Waals surface area contributed by atoms with E-state index in [0.29, 0.717) is 25.4 Å². The van der Waals surface area contributed by atoms with Crippen molar-refractivity contribution in [1.29, 1.82) is 0 Å². The Bertz CT molecular complexity index is 110. The molecule has 0 aromatic rings. The maximum absolute atomic E-state index is 11.2. The number of carbonyl (C=O) groups is 1. The van der Waals surface area contributed by atoms with Crippen LogP contribution in [0.3, 0.4) is 0 Å². The molecule has 0 heterocycles. The lowest BCUT2D eigenvalue weighted by Gasteiger charge is -2.06. The monoisotopic (exact) mass is 158 g/mol. The van der Waals surface area contributed by atoms with Crippen LogP contribution in [0.15, 0.2) is 0 Å². The van der Waals surface area contributed by atoms with Gasteiger partial charge >= 0.3 is 0 Å². The second-order valence-electron chi connectivity index (χ2n) is 2.72. The number of rotatable bonds is 6. The lowest BCUT2D eigenvalue weighted by atomic mass is 10.0. The Hall–Kier alpha value is -0.370. The molecule has 66 valence electrons. The molecule has 0 aliphatic heterocycles. The zero-order chi connectivity index (χ0) is 8.69. The van der Waals surface area contributed by atoms with E-state index in [2.05, 4.69) is 0 Å². The predicted molar refractivity (Wildman–Crippen MR) is 45.6 cm³/mol. The van der Waals surface area contributed by atoms with Gasteiger partial charge in [0.1, 0.15) is 5.78 Å². The summed E-state index contributed by atoms with van der Waals surface area (Å²) >= 11 is 0. The SMILES string of the molecule is CCOCCC(=O)C(C)CC. The number of hydrogen-bond acceptors (Lipinski definition) is 2. The van der Waals surface area contributed by atoms with E-state index in [0.717, 1.165) is 6.42 Å². The quantitative estimate of drug-likeness (QED) is 0.553. The van der Waals surface area contributed by atoms with Gasteiger partial charge in [-0.05, 0) is 13.3 Å². The minimum Gasteiger partial charge on any atom is -0.381 e. The van der Waals surface area contributed by atoms with Crippen LogP contribution in [-0.2, 0) is 9.53 Å². The second-order valence-corrected chi connectivity index (χ2v) is 2.72. The van der Waals surface area contributed by atoms with Crippen LogP contribution >= 0.6 is 0 Å². The standard InChI is InChI=1S/C9H18O2/c1-4-8(3)9(10)6-7-11-5-2/h8H,4-7H2,1-3H3. The molecule has 0 fully saturated rings. The van der Waals surface area contributed by atoms with Gasteiger partial charge in [-0.25, -0.2) is 0 Å². The van der Waals surface area contributed by atoms with Gasteiger partial charge in [0.05, 0.1) is 6.61 Å². The van der Waals surface area contributed by atoms with E-state index < -0.39 is 0 Å². The maximum atomic E-state index is 11.2. The summed E-state index contributed by atoms with van der Waals surface area (Å²) < 4.78 is 5.08. The van der Waals surface area contributed by atoms with Crippen LogP contribution in [0.5, 0.6) is 0 Å². The Morgan fingerprint density at radius 3 is 2.55 bits per heavy atom. The molecule has 1 unspecified atom stereocenters. The summed E-state index contributed by atoms with van der Waals surface area (Å²) in [6.45, 7) is 7.22. The van der Waals surface area contributed by atoms with Crippen molar-refractivity contribution in [3.05, 3.63) is 0 Å². The van der Waals surface area contributed by atoms with Crippen molar-refractivity contribution in [3.8, 4) is 0 Å². The number of carbonyl (C=O) groups excluding carboxylic acids is 1. The third kappa shape index (κ3) is 4.96. The van der Waals surface area contributed by atoms with E-state index in [1.807, 2.05) is 20.8 Å². The molecule has 1 atom stereocenters. The minimum absolute atomic E-state index is 0.204. The van der Waals surface area contributed by atoms with Crippen LogP contribution in [0, 0.1) is 5.92 Å². The van der Waals surface area contributed by atoms with E-state index in [9.17, 15) is 4.79 Å². The highest BCUT2D eigenvalue weighted by molar-refractivity contribution is 5.80. The molecule has 0 saturated carbocycles. The van der Waals surface area contributed by atoms with Gasteiger partial charge in [-0.1, -0.05) is 13.8 Å². The maximum Gasteiger partial charge on any atom is 0.137 e. The molecule has 0 aromatic heterocycles. The van der Waals surface area contributed by atoms with E-state index in [1.165, 1.54) is 0 Å². The molecule has 2 heteroatoms. The number of Topliss-reactive ketones (excluding diaryl/α,β-unsaturated/α-hetero) is 1. The van der Waals surface area contributed by atoms with Gasteiger partial charge in [0.2, 0.25) is 0 Å². The van der Waals surface area contributed by atoms with Crippen molar-refractivity contribution in [2.24, 2.45) is 5.92 Å². The van der Waals surface area contributed by atoms with Crippen molar-refractivity contribution in [2.45, 2.75) is 33.6 Å². The zero-order valence-corrected chi connectivity index (χ0v) is 7.72. The molecular weight excluding hydrogens is 140 g/mol. The molecular formula is C9H18O2. The Kier molecular flexibility index (Phi) is 6.13. The molecule has 0 radical (unpaired) electrons. The largest absolute Gasteiger partial charge is 0.381 e. The van der Waals surface area contributed by atoms with Gasteiger partial charge in [0.15, 0.2) is 0 Å². The van der Waals surface area contributed by atoms with Crippen molar-refractivity contribution >= 4 is 5.78 Å². The van der Waals surface area contributed by atoms with Crippen LogP contribution in [0.1, 0.15) is 33.6 Å². The van der Waals surface area contributed by atoms with Gasteiger partial charge in [0.25, 0.3) is 0 Å². The Balaban J connectivity index is 3.36. The summed E-state index contributed by atoms with van der Waals surface area (Å²) in [5.41, 5.74) is 0. The smallest absolute Gasteiger partial charge is 0.137 e. The summed E-state index contributed by atoms with van der Waals surface area (Å²) in [6.07, 6.45) is 1.51. The van der Waals surface area contributed by atoms with Gasteiger partial charge in [-0.2, -0.15) is 0 Å². The highest BCUT2D eigenvalue weighted by atomic mass is 16.5. The Morgan fingerprint density at radius 1 is 1.45 bits per heavy atom. The number of hydrogen-bond donors (Lipinski definition) is 0. The second kappa shape index (κ2) is 6.35. The van der Waals surface area contributed by atoms with Gasteiger partial charge < -0.3 is 4.74 Å². The zero-order valence-electron chi connectivity index (χ0n) is 7.72. The highest BCUT2D eigenvalue weighted by Gasteiger charge is 2.09. The van der Waals surface area contributed by atoms with Crippen LogP contribution in [-0.4, -0.2) is 19.0 Å². The lowest BCUT2D eigenvalue weighted by molar-refractivity contribution is -0.123. The minimum atomic E-state index is 0.204. The fourth-order valence-electron chi connectivity index (χ4n) is 0.791. The number of ketones is 1. The molecule has 0 N–H and O–H groups in total. The van der Waals surface area contributed by atoms with Gasteiger partial charge in [0, 0.05) is 18.9 Å². The Labute approximate surface area is 68.9 Å². The average Bonchev–Trinajstić information content (AvgIpc) is 2.03. The summed E-state index contributed by atoms with van der Waals surface area (Å²) in [5, 5.41) is 0. The van der Waals surface area contributed by atoms with Crippen LogP contribution in [0.2, 0.25) is 0 Å². The van der Waals surface area contributed by atoms with E-state index in [1.54, 1.807) is 0 Å². The first-order valence-corrected chi connectivity index (χ1v) is 4.32. The summed E-state index contributed by atoms with van der Waals surface area (Å²) in [6, 6.07) is 0. The topological polar surface area (TPSA) is 26.3 Å². The molecule has 0 spiro atoms. The average molecular weight is 158 g/mol. The lowest BCUT2D eigenvalue weighted by Crippen LogP contribution is -2.12. The molecule has 0 aliphatic carbocycles. The fraction of sp³-hybridized carbons (Fsp3) is 0.889. The van der Waals surface area contributed by atoms with Crippen molar-refractivity contribution in [1.82, 2.24) is 0 Å². The third-order valence-electron chi connectivity index (χ3n) is 1.86. The molecule has 11 heavy (non-hydrogen) atoms.